The van der Waals surface area contributed by atoms with Gasteiger partial charge < -0.3 is 40.3 Å². The van der Waals surface area contributed by atoms with Crippen LogP contribution in [0.2, 0.25) is 0 Å². The molecule has 0 aromatic carbocycles. The number of aliphatic hydroxyl groups excluding tert-OH is 5. The third-order valence-corrected chi connectivity index (χ3v) is 16.9. The molecule has 0 spiro atoms. The SMILES string of the molecule is CC/C=C\C/C=C\C/C=C\C/C=C\C/C=C\C/C=C\CCCCCCCCCCCCCCCCCCCCCCC(=O)NC(COC1OC(CO)C(O)C(O)C1O)C(O)/C=C/CC/C=C/CCCCCCCCCCCCCCCCCCCC. The van der Waals surface area contributed by atoms with Crippen molar-refractivity contribution in [3.05, 3.63) is 97.2 Å². The van der Waals surface area contributed by atoms with Crippen molar-refractivity contribution in [3.8, 4) is 0 Å². The third-order valence-electron chi connectivity index (χ3n) is 16.9. The number of carbonyl (C=O) groups excluding carboxylic acids is 1. The number of nitrogens with one attached hydrogen (secondary N) is 1. The van der Waals surface area contributed by atoms with Crippen molar-refractivity contribution in [3.63, 3.8) is 0 Å². The van der Waals surface area contributed by atoms with Gasteiger partial charge in [-0.15, -0.1) is 0 Å². The summed E-state index contributed by atoms with van der Waals surface area (Å²) < 4.78 is 11.3. The van der Waals surface area contributed by atoms with E-state index < -0.39 is 49.5 Å². The highest BCUT2D eigenvalue weighted by Crippen LogP contribution is 2.23. The van der Waals surface area contributed by atoms with Crippen LogP contribution in [-0.2, 0) is 14.3 Å². The van der Waals surface area contributed by atoms with Gasteiger partial charge in [-0.25, -0.2) is 0 Å². The van der Waals surface area contributed by atoms with Gasteiger partial charge in [0.25, 0.3) is 0 Å². The van der Waals surface area contributed by atoms with Gasteiger partial charge in [0.2, 0.25) is 5.91 Å². The van der Waals surface area contributed by atoms with E-state index in [9.17, 15) is 30.3 Å². The lowest BCUT2D eigenvalue weighted by atomic mass is 9.99. The summed E-state index contributed by atoms with van der Waals surface area (Å²) in [6.45, 7) is 3.68. The number of ether oxygens (including phenoxy) is 2. The Hall–Kier alpha value is -2.89. The van der Waals surface area contributed by atoms with Crippen LogP contribution in [0.5, 0.6) is 0 Å². The van der Waals surface area contributed by atoms with E-state index in [-0.39, 0.29) is 12.5 Å². The zero-order valence-corrected chi connectivity index (χ0v) is 55.8. The van der Waals surface area contributed by atoms with Gasteiger partial charge in [-0.2, -0.15) is 0 Å². The lowest BCUT2D eigenvalue weighted by Gasteiger charge is -2.40. The average molecular weight is 1200 g/mol. The number of amides is 1. The third kappa shape index (κ3) is 53.0. The molecule has 1 aliphatic heterocycles. The van der Waals surface area contributed by atoms with Crippen molar-refractivity contribution in [2.24, 2.45) is 0 Å². The Bertz CT molecular complexity index is 1680. The van der Waals surface area contributed by atoms with Gasteiger partial charge in [0.1, 0.15) is 24.4 Å². The molecule has 0 aliphatic carbocycles. The minimum atomic E-state index is -1.58. The second kappa shape index (κ2) is 65.1. The van der Waals surface area contributed by atoms with Crippen molar-refractivity contribution in [2.75, 3.05) is 13.2 Å². The van der Waals surface area contributed by atoms with Gasteiger partial charge in [-0.3, -0.25) is 4.79 Å². The van der Waals surface area contributed by atoms with Gasteiger partial charge >= 0.3 is 0 Å². The largest absolute Gasteiger partial charge is 0.394 e. The summed E-state index contributed by atoms with van der Waals surface area (Å²) in [6.07, 6.45) is 88.1. The molecule has 1 heterocycles. The molecule has 0 radical (unpaired) electrons. The molecule has 1 aliphatic rings. The number of unbranched alkanes of at least 4 members (excludes halogenated alkanes) is 39. The second-order valence-corrected chi connectivity index (χ2v) is 25.0. The van der Waals surface area contributed by atoms with E-state index in [0.717, 1.165) is 77.0 Å². The van der Waals surface area contributed by atoms with Crippen molar-refractivity contribution in [1.82, 2.24) is 5.32 Å². The first-order valence-electron chi connectivity index (χ1n) is 36.5. The monoisotopic (exact) mass is 1200 g/mol. The minimum absolute atomic E-state index is 0.183. The molecule has 0 bridgehead atoms. The summed E-state index contributed by atoms with van der Waals surface area (Å²) in [6, 6.07) is -0.826. The molecule has 6 N–H and O–H groups in total. The van der Waals surface area contributed by atoms with Crippen LogP contribution in [0.1, 0.15) is 328 Å². The Balaban J connectivity index is 2.10. The van der Waals surface area contributed by atoms with Gasteiger partial charge in [0, 0.05) is 6.42 Å². The molecule has 86 heavy (non-hydrogen) atoms. The second-order valence-electron chi connectivity index (χ2n) is 25.0. The molecule has 0 aromatic heterocycles. The predicted molar refractivity (Wildman–Crippen MR) is 368 cm³/mol. The molecule has 9 heteroatoms. The van der Waals surface area contributed by atoms with Crippen molar-refractivity contribution in [2.45, 2.75) is 371 Å². The Kier molecular flexibility index (Phi) is 61.4. The molecule has 1 rings (SSSR count). The molecule has 0 saturated carbocycles. The molecule has 498 valence electrons. The summed E-state index contributed by atoms with van der Waals surface area (Å²) in [5, 5.41) is 54.8. The first-order valence-corrected chi connectivity index (χ1v) is 36.5. The van der Waals surface area contributed by atoms with Crippen molar-refractivity contribution < 1.29 is 39.8 Å². The fraction of sp³-hybridized carbons (Fsp3) is 0.779. The zero-order valence-electron chi connectivity index (χ0n) is 55.8. The smallest absolute Gasteiger partial charge is 0.220 e. The van der Waals surface area contributed by atoms with Crippen molar-refractivity contribution in [1.29, 1.82) is 0 Å². The lowest BCUT2D eigenvalue weighted by Crippen LogP contribution is -2.60. The van der Waals surface area contributed by atoms with Crippen LogP contribution < -0.4 is 5.32 Å². The van der Waals surface area contributed by atoms with Crippen LogP contribution in [-0.4, -0.2) is 87.5 Å². The molecule has 0 aromatic rings. The molecule has 9 nitrogen and oxygen atoms in total. The summed E-state index contributed by atoms with van der Waals surface area (Å²) in [4.78, 5) is 13.1. The number of hydrogen-bond donors (Lipinski definition) is 6. The van der Waals surface area contributed by atoms with E-state index in [1.807, 2.05) is 6.08 Å². The Morgan fingerprint density at radius 1 is 0.407 bits per heavy atom. The highest BCUT2D eigenvalue weighted by Gasteiger charge is 2.44. The van der Waals surface area contributed by atoms with Crippen LogP contribution in [0, 0.1) is 0 Å². The van der Waals surface area contributed by atoms with Crippen LogP contribution in [0.3, 0.4) is 0 Å². The number of allylic oxidation sites excluding steroid dienone is 15. The van der Waals surface area contributed by atoms with E-state index in [1.54, 1.807) is 6.08 Å². The molecule has 7 atom stereocenters. The maximum Gasteiger partial charge on any atom is 0.220 e. The Labute approximate surface area is 530 Å². The Morgan fingerprint density at radius 2 is 0.733 bits per heavy atom. The summed E-state index contributed by atoms with van der Waals surface area (Å²) in [5.74, 6) is -0.183. The fourth-order valence-corrected chi connectivity index (χ4v) is 11.2. The molecular formula is C77H137NO8. The first kappa shape index (κ1) is 81.1. The highest BCUT2D eigenvalue weighted by molar-refractivity contribution is 5.76. The number of rotatable bonds is 63. The predicted octanol–water partition coefficient (Wildman–Crippen LogP) is 20.3. The molecule has 1 amide bonds. The molecular weight excluding hydrogens is 1070 g/mol. The maximum atomic E-state index is 13.1. The normalized spacial score (nSPS) is 18.6. The van der Waals surface area contributed by atoms with Crippen LogP contribution in [0.15, 0.2) is 97.2 Å². The van der Waals surface area contributed by atoms with Crippen molar-refractivity contribution >= 4 is 5.91 Å². The van der Waals surface area contributed by atoms with Crippen LogP contribution in [0.25, 0.3) is 0 Å². The fourth-order valence-electron chi connectivity index (χ4n) is 11.2. The topological polar surface area (TPSA) is 149 Å². The van der Waals surface area contributed by atoms with Gasteiger partial charge in [0.15, 0.2) is 6.29 Å². The summed E-state index contributed by atoms with van der Waals surface area (Å²) in [7, 11) is 0. The van der Waals surface area contributed by atoms with Gasteiger partial charge in [0.05, 0.1) is 25.4 Å². The van der Waals surface area contributed by atoms with E-state index in [0.29, 0.717) is 6.42 Å². The van der Waals surface area contributed by atoms with Gasteiger partial charge in [-0.1, -0.05) is 336 Å². The molecule has 1 fully saturated rings. The lowest BCUT2D eigenvalue weighted by molar-refractivity contribution is -0.302. The zero-order chi connectivity index (χ0) is 62.1. The van der Waals surface area contributed by atoms with E-state index >= 15 is 0 Å². The van der Waals surface area contributed by atoms with E-state index in [2.05, 4.69) is 104 Å². The maximum absolute atomic E-state index is 13.1. The number of hydrogen-bond acceptors (Lipinski definition) is 8. The Morgan fingerprint density at radius 3 is 1.12 bits per heavy atom. The minimum Gasteiger partial charge on any atom is -0.394 e. The molecule has 7 unspecified atom stereocenters. The van der Waals surface area contributed by atoms with Crippen LogP contribution in [0.4, 0.5) is 0 Å². The average Bonchev–Trinajstić information content (AvgIpc) is 3.55. The number of aliphatic hydroxyl groups is 5. The summed E-state index contributed by atoms with van der Waals surface area (Å²) in [5.41, 5.74) is 0. The quantitative estimate of drug-likeness (QED) is 0.0261. The van der Waals surface area contributed by atoms with Gasteiger partial charge in [-0.05, 0) is 83.5 Å². The standard InChI is InChI=1S/C77H137NO8/c1-3-5-7-9-11-13-15-17-19-21-23-25-27-29-30-31-32-33-34-35-36-37-38-39-40-41-42-43-45-47-49-51-53-55-57-59-61-63-65-67-73(81)78-70(69-85-77-76(84)75(83)74(82)72(68-79)86-77)71(80)66-64-62-60-58-56-54-52-50-48-46-44-28-26-24-22-20-18-16-14-12-10-8-6-4-2/h5,7,11,13,17,19,23,25,29-30,32-33,56,58,64,66,70-72,74-77,79-80,82-84H,3-4,6,8-10,12,14-16,18,20-22,24,26-28,31,34-55,57,59-63,65,67-69H2,1-2H3,(H,78,81)/b7-5-,13-11-,19-17-,25-23-,30-29-,33-32-,58-56+,66-64+. The molecule has 1 saturated heterocycles. The van der Waals surface area contributed by atoms with E-state index in [1.165, 1.54) is 231 Å². The first-order chi connectivity index (χ1) is 42.3. The summed E-state index contributed by atoms with van der Waals surface area (Å²) >= 11 is 0. The highest BCUT2D eigenvalue weighted by atomic mass is 16.7. The van der Waals surface area contributed by atoms with Crippen LogP contribution >= 0.6 is 0 Å². The number of carbonyl (C=O) groups is 1. The van der Waals surface area contributed by atoms with E-state index in [4.69, 9.17) is 9.47 Å².